The molecule has 0 amide bonds. The lowest BCUT2D eigenvalue weighted by atomic mass is 10.1. The highest BCUT2D eigenvalue weighted by atomic mass is 16.3. The Morgan fingerprint density at radius 1 is 1.50 bits per heavy atom. The Kier molecular flexibility index (Phi) is 4.31. The molecular weight excluding hydrogens is 202 g/mol. The van der Waals surface area contributed by atoms with Crippen molar-refractivity contribution in [2.75, 3.05) is 24.6 Å². The summed E-state index contributed by atoms with van der Waals surface area (Å²) < 4.78 is 0. The van der Waals surface area contributed by atoms with Crippen LogP contribution in [0, 0.1) is 12.3 Å². The number of aliphatic hydroxyl groups is 1. The fraction of sp³-hybridized carbons (Fsp3) is 0.417. The zero-order chi connectivity index (χ0) is 12.1. The molecule has 0 unspecified atom stereocenters. The molecule has 0 aliphatic rings. The second kappa shape index (κ2) is 5.51. The first-order valence-corrected chi connectivity index (χ1v) is 5.41. The number of nitrogens with one attached hydrogen (secondary N) is 1. The third-order valence-electron chi connectivity index (χ3n) is 2.60. The number of amidine groups is 1. The summed E-state index contributed by atoms with van der Waals surface area (Å²) in [5.74, 6) is 0.0832. The minimum Gasteiger partial charge on any atom is -0.395 e. The molecular formula is C12H19N3O. The minimum atomic E-state index is 0.0832. The molecule has 4 N–H and O–H groups in total. The van der Waals surface area contributed by atoms with E-state index in [1.807, 2.05) is 32.0 Å². The molecule has 1 aromatic carbocycles. The van der Waals surface area contributed by atoms with Crippen LogP contribution in [0.1, 0.15) is 18.1 Å². The number of aryl methyl sites for hydroxylation is 1. The van der Waals surface area contributed by atoms with Gasteiger partial charge >= 0.3 is 0 Å². The standard InChI is InChI=1S/C12H19N3O/c1-3-15(6-7-16)11-5-4-10(12(13)14)8-9(11)2/h4-5,8,16H,3,6-7H2,1-2H3,(H3,13,14). The number of hydrogen-bond donors (Lipinski definition) is 3. The molecule has 1 aromatic rings. The van der Waals surface area contributed by atoms with Crippen LogP contribution in [-0.2, 0) is 0 Å². The number of nitrogens with two attached hydrogens (primary N) is 1. The molecule has 4 heteroatoms. The molecule has 0 bridgehead atoms. The van der Waals surface area contributed by atoms with E-state index in [9.17, 15) is 0 Å². The van der Waals surface area contributed by atoms with Crippen LogP contribution in [0.5, 0.6) is 0 Å². The molecule has 1 rings (SSSR count). The van der Waals surface area contributed by atoms with Gasteiger partial charge in [0.15, 0.2) is 0 Å². The lowest BCUT2D eigenvalue weighted by Crippen LogP contribution is -2.27. The van der Waals surface area contributed by atoms with Crippen LogP contribution < -0.4 is 10.6 Å². The Morgan fingerprint density at radius 2 is 2.19 bits per heavy atom. The maximum absolute atomic E-state index is 8.97. The summed E-state index contributed by atoms with van der Waals surface area (Å²) in [6, 6.07) is 5.69. The van der Waals surface area contributed by atoms with Crippen molar-refractivity contribution in [3.8, 4) is 0 Å². The van der Waals surface area contributed by atoms with Gasteiger partial charge in [0.05, 0.1) is 6.61 Å². The van der Waals surface area contributed by atoms with Crippen molar-refractivity contribution in [1.82, 2.24) is 0 Å². The van der Waals surface area contributed by atoms with Gasteiger partial charge in [0.1, 0.15) is 5.84 Å². The number of likely N-dealkylation sites (N-methyl/N-ethyl adjacent to an activating group) is 1. The number of benzene rings is 1. The normalized spacial score (nSPS) is 10.2. The molecule has 16 heavy (non-hydrogen) atoms. The van der Waals surface area contributed by atoms with Crippen molar-refractivity contribution in [2.45, 2.75) is 13.8 Å². The van der Waals surface area contributed by atoms with Gasteiger partial charge in [-0.15, -0.1) is 0 Å². The van der Waals surface area contributed by atoms with Gasteiger partial charge in [-0.05, 0) is 37.6 Å². The van der Waals surface area contributed by atoms with Crippen molar-refractivity contribution in [3.63, 3.8) is 0 Å². The van der Waals surface area contributed by atoms with E-state index >= 15 is 0 Å². The first-order chi connectivity index (χ1) is 7.60. The molecule has 0 fully saturated rings. The summed E-state index contributed by atoms with van der Waals surface area (Å²) in [6.45, 7) is 5.65. The van der Waals surface area contributed by atoms with Gasteiger partial charge in [0, 0.05) is 24.3 Å². The molecule has 0 saturated carbocycles. The Labute approximate surface area is 96.2 Å². The largest absolute Gasteiger partial charge is 0.395 e. The number of rotatable bonds is 5. The van der Waals surface area contributed by atoms with E-state index in [0.717, 1.165) is 23.4 Å². The number of nitrogen functional groups attached to an aromatic ring is 1. The topological polar surface area (TPSA) is 73.3 Å². The van der Waals surface area contributed by atoms with Crippen LogP contribution in [0.2, 0.25) is 0 Å². The van der Waals surface area contributed by atoms with Gasteiger partial charge < -0.3 is 15.7 Å². The monoisotopic (exact) mass is 221 g/mol. The molecule has 0 aliphatic carbocycles. The summed E-state index contributed by atoms with van der Waals surface area (Å²) in [6.07, 6.45) is 0. The van der Waals surface area contributed by atoms with Crippen LogP contribution in [0.25, 0.3) is 0 Å². The van der Waals surface area contributed by atoms with Crippen LogP contribution in [0.4, 0.5) is 5.69 Å². The van der Waals surface area contributed by atoms with Gasteiger partial charge in [0.2, 0.25) is 0 Å². The van der Waals surface area contributed by atoms with E-state index in [-0.39, 0.29) is 12.4 Å². The van der Waals surface area contributed by atoms with Crippen molar-refractivity contribution in [2.24, 2.45) is 5.73 Å². The molecule has 0 radical (unpaired) electrons. The molecule has 4 nitrogen and oxygen atoms in total. The van der Waals surface area contributed by atoms with Crippen LogP contribution >= 0.6 is 0 Å². The number of hydrogen-bond acceptors (Lipinski definition) is 3. The predicted octanol–water partition coefficient (Wildman–Crippen LogP) is 1.10. The third-order valence-corrected chi connectivity index (χ3v) is 2.60. The lowest BCUT2D eigenvalue weighted by molar-refractivity contribution is 0.302. The Hall–Kier alpha value is -1.55. The summed E-state index contributed by atoms with van der Waals surface area (Å²) in [7, 11) is 0. The van der Waals surface area contributed by atoms with Gasteiger partial charge in [-0.1, -0.05) is 0 Å². The highest BCUT2D eigenvalue weighted by molar-refractivity contribution is 5.95. The summed E-state index contributed by atoms with van der Waals surface area (Å²) >= 11 is 0. The van der Waals surface area contributed by atoms with Crippen LogP contribution in [0.3, 0.4) is 0 Å². The molecule has 0 aromatic heterocycles. The zero-order valence-electron chi connectivity index (χ0n) is 9.83. The van der Waals surface area contributed by atoms with E-state index < -0.39 is 0 Å². The van der Waals surface area contributed by atoms with Crippen molar-refractivity contribution < 1.29 is 5.11 Å². The molecule has 0 aliphatic heterocycles. The number of anilines is 1. The smallest absolute Gasteiger partial charge is 0.122 e. The Morgan fingerprint density at radius 3 is 2.62 bits per heavy atom. The van der Waals surface area contributed by atoms with E-state index in [1.165, 1.54) is 0 Å². The maximum Gasteiger partial charge on any atom is 0.122 e. The highest BCUT2D eigenvalue weighted by Gasteiger charge is 2.08. The second-order valence-corrected chi connectivity index (χ2v) is 3.72. The van der Waals surface area contributed by atoms with Gasteiger partial charge in [-0.3, -0.25) is 5.41 Å². The molecule has 0 heterocycles. The zero-order valence-corrected chi connectivity index (χ0v) is 9.83. The quantitative estimate of drug-likeness (QED) is 0.515. The molecule has 0 spiro atoms. The third kappa shape index (κ3) is 2.73. The molecule has 88 valence electrons. The number of nitrogens with zero attached hydrogens (tertiary/aromatic N) is 1. The predicted molar refractivity (Wildman–Crippen MR) is 67.2 cm³/mol. The maximum atomic E-state index is 8.97. The van der Waals surface area contributed by atoms with Crippen LogP contribution in [0.15, 0.2) is 18.2 Å². The minimum absolute atomic E-state index is 0.0832. The summed E-state index contributed by atoms with van der Waals surface area (Å²) in [4.78, 5) is 2.10. The summed E-state index contributed by atoms with van der Waals surface area (Å²) in [5.41, 5.74) is 8.32. The molecule has 0 saturated heterocycles. The van der Waals surface area contributed by atoms with E-state index in [2.05, 4.69) is 4.90 Å². The van der Waals surface area contributed by atoms with E-state index in [0.29, 0.717) is 6.54 Å². The Bertz CT molecular complexity index is 377. The second-order valence-electron chi connectivity index (χ2n) is 3.72. The van der Waals surface area contributed by atoms with E-state index in [1.54, 1.807) is 0 Å². The fourth-order valence-electron chi connectivity index (χ4n) is 1.75. The average molecular weight is 221 g/mol. The van der Waals surface area contributed by atoms with Crippen molar-refractivity contribution >= 4 is 11.5 Å². The SMILES string of the molecule is CCN(CCO)c1ccc(C(=N)N)cc1C. The highest BCUT2D eigenvalue weighted by Crippen LogP contribution is 2.20. The van der Waals surface area contributed by atoms with Crippen molar-refractivity contribution in [1.29, 1.82) is 5.41 Å². The molecule has 0 atom stereocenters. The van der Waals surface area contributed by atoms with Gasteiger partial charge in [-0.25, -0.2) is 0 Å². The first kappa shape index (κ1) is 12.5. The Balaban J connectivity index is 3.01. The fourth-order valence-corrected chi connectivity index (χ4v) is 1.75. The van der Waals surface area contributed by atoms with Crippen LogP contribution in [-0.4, -0.2) is 30.6 Å². The van der Waals surface area contributed by atoms with Gasteiger partial charge in [-0.2, -0.15) is 0 Å². The summed E-state index contributed by atoms with van der Waals surface area (Å²) in [5, 5.41) is 16.3. The first-order valence-electron chi connectivity index (χ1n) is 5.41. The van der Waals surface area contributed by atoms with E-state index in [4.69, 9.17) is 16.2 Å². The number of aliphatic hydroxyl groups excluding tert-OH is 1. The van der Waals surface area contributed by atoms with Crippen molar-refractivity contribution in [3.05, 3.63) is 29.3 Å². The van der Waals surface area contributed by atoms with Gasteiger partial charge in [0.25, 0.3) is 0 Å². The lowest BCUT2D eigenvalue weighted by Gasteiger charge is -2.24. The average Bonchev–Trinajstić information content (AvgIpc) is 2.26.